The van der Waals surface area contributed by atoms with Crippen molar-refractivity contribution < 1.29 is 9.13 Å². The van der Waals surface area contributed by atoms with Gasteiger partial charge in [-0.2, -0.15) is 4.39 Å². The molecule has 0 radical (unpaired) electrons. The molecule has 2 aromatic heterocycles. The van der Waals surface area contributed by atoms with Crippen LogP contribution in [0, 0.1) is 5.95 Å². The molecule has 0 amide bonds. The van der Waals surface area contributed by atoms with Crippen molar-refractivity contribution in [3.63, 3.8) is 0 Å². The lowest BCUT2D eigenvalue weighted by molar-refractivity contribution is 0.277. The molecular weight excluding hydrogens is 197 g/mol. The van der Waals surface area contributed by atoms with Gasteiger partial charge in [-0.1, -0.05) is 0 Å². The van der Waals surface area contributed by atoms with Gasteiger partial charge in [0.25, 0.3) is 5.95 Å². The Morgan fingerprint density at radius 1 is 1.07 bits per heavy atom. The van der Waals surface area contributed by atoms with Gasteiger partial charge in [0.2, 0.25) is 0 Å². The molecule has 0 unspecified atom stereocenters. The zero-order chi connectivity index (χ0) is 10.5. The number of nitrogens with zero attached hydrogens (tertiary/aromatic N) is 3. The summed E-state index contributed by atoms with van der Waals surface area (Å²) in [6.07, 6.45) is 4.57. The maximum Gasteiger partial charge on any atom is 0.255 e. The smallest absolute Gasteiger partial charge is 0.255 e. The van der Waals surface area contributed by atoms with Crippen molar-refractivity contribution in [3.05, 3.63) is 48.6 Å². The van der Waals surface area contributed by atoms with E-state index in [2.05, 4.69) is 15.0 Å². The van der Waals surface area contributed by atoms with Gasteiger partial charge < -0.3 is 4.74 Å². The highest BCUT2D eigenvalue weighted by molar-refractivity contribution is 5.17. The lowest BCUT2D eigenvalue weighted by Gasteiger charge is -2.04. The fourth-order valence-electron chi connectivity index (χ4n) is 1.03. The highest BCUT2D eigenvalue weighted by Gasteiger charge is 2.03. The summed E-state index contributed by atoms with van der Waals surface area (Å²) in [6.45, 7) is 0.128. The zero-order valence-corrected chi connectivity index (χ0v) is 7.80. The molecule has 0 bridgehead atoms. The topological polar surface area (TPSA) is 47.9 Å². The monoisotopic (exact) mass is 205 g/mol. The summed E-state index contributed by atoms with van der Waals surface area (Å²) in [7, 11) is 0. The van der Waals surface area contributed by atoms with Gasteiger partial charge in [-0.05, 0) is 18.2 Å². The number of rotatable bonds is 3. The number of hydrogen-bond donors (Lipinski definition) is 0. The van der Waals surface area contributed by atoms with Gasteiger partial charge >= 0.3 is 0 Å². The van der Waals surface area contributed by atoms with Gasteiger partial charge in [0, 0.05) is 18.6 Å². The molecule has 0 atom stereocenters. The van der Waals surface area contributed by atoms with E-state index in [-0.39, 0.29) is 12.4 Å². The standard InChI is InChI=1S/C10H8FN3O/c11-10-8(3-1-4-14-10)15-7-9-12-5-2-6-13-9/h1-6H,7H2. The molecule has 0 aliphatic heterocycles. The van der Waals surface area contributed by atoms with Crippen LogP contribution in [-0.4, -0.2) is 15.0 Å². The minimum absolute atomic E-state index is 0.102. The van der Waals surface area contributed by atoms with Crippen LogP contribution in [0.5, 0.6) is 5.75 Å². The number of aromatic nitrogens is 3. The SMILES string of the molecule is Fc1ncccc1OCc1ncccn1. The fraction of sp³-hybridized carbons (Fsp3) is 0.100. The van der Waals surface area contributed by atoms with E-state index in [9.17, 15) is 4.39 Å². The molecule has 15 heavy (non-hydrogen) atoms. The molecular formula is C10H8FN3O. The molecule has 0 saturated heterocycles. The average Bonchev–Trinajstić information content (AvgIpc) is 2.29. The van der Waals surface area contributed by atoms with Crippen LogP contribution in [0.2, 0.25) is 0 Å². The van der Waals surface area contributed by atoms with Crippen LogP contribution < -0.4 is 4.74 Å². The zero-order valence-electron chi connectivity index (χ0n) is 7.80. The Hall–Kier alpha value is -2.04. The van der Waals surface area contributed by atoms with Crippen LogP contribution in [0.15, 0.2) is 36.8 Å². The van der Waals surface area contributed by atoms with E-state index in [4.69, 9.17) is 4.74 Å². The number of ether oxygens (including phenoxy) is 1. The van der Waals surface area contributed by atoms with E-state index in [0.29, 0.717) is 5.82 Å². The first-order valence-corrected chi connectivity index (χ1v) is 4.35. The Morgan fingerprint density at radius 2 is 1.80 bits per heavy atom. The van der Waals surface area contributed by atoms with Crippen molar-refractivity contribution in [2.45, 2.75) is 6.61 Å². The van der Waals surface area contributed by atoms with Gasteiger partial charge in [-0.15, -0.1) is 0 Å². The largest absolute Gasteiger partial charge is 0.481 e. The third-order valence-electron chi connectivity index (χ3n) is 1.70. The fourth-order valence-corrected chi connectivity index (χ4v) is 1.03. The molecule has 76 valence electrons. The third kappa shape index (κ3) is 2.46. The molecule has 2 heterocycles. The van der Waals surface area contributed by atoms with Crippen LogP contribution in [0.1, 0.15) is 5.82 Å². The van der Waals surface area contributed by atoms with Gasteiger partial charge in [-0.3, -0.25) is 0 Å². The predicted octanol–water partition coefficient (Wildman–Crippen LogP) is 1.59. The molecule has 2 aromatic rings. The maximum absolute atomic E-state index is 13.0. The van der Waals surface area contributed by atoms with E-state index in [1.807, 2.05) is 0 Å². The molecule has 0 aliphatic rings. The van der Waals surface area contributed by atoms with Crippen molar-refractivity contribution in [2.75, 3.05) is 0 Å². The Labute approximate surface area is 85.8 Å². The highest BCUT2D eigenvalue weighted by atomic mass is 19.1. The van der Waals surface area contributed by atoms with E-state index >= 15 is 0 Å². The quantitative estimate of drug-likeness (QED) is 0.714. The van der Waals surface area contributed by atoms with Crippen molar-refractivity contribution in [1.29, 1.82) is 0 Å². The lowest BCUT2D eigenvalue weighted by Crippen LogP contribution is -2.02. The molecule has 0 saturated carbocycles. The summed E-state index contributed by atoms with van der Waals surface area (Å²) in [5.74, 6) is -0.0286. The first-order chi connectivity index (χ1) is 7.36. The molecule has 0 fully saturated rings. The summed E-state index contributed by atoms with van der Waals surface area (Å²) in [6, 6.07) is 4.81. The molecule has 0 aromatic carbocycles. The molecule has 0 aliphatic carbocycles. The summed E-state index contributed by atoms with van der Waals surface area (Å²) in [5, 5.41) is 0. The highest BCUT2D eigenvalue weighted by Crippen LogP contribution is 2.13. The lowest BCUT2D eigenvalue weighted by atomic mass is 10.4. The Morgan fingerprint density at radius 3 is 2.53 bits per heavy atom. The van der Waals surface area contributed by atoms with Crippen LogP contribution in [-0.2, 0) is 6.61 Å². The third-order valence-corrected chi connectivity index (χ3v) is 1.70. The van der Waals surface area contributed by atoms with Crippen LogP contribution in [0.25, 0.3) is 0 Å². The van der Waals surface area contributed by atoms with E-state index in [1.54, 1.807) is 24.5 Å². The van der Waals surface area contributed by atoms with Crippen LogP contribution in [0.4, 0.5) is 4.39 Å². The van der Waals surface area contributed by atoms with Crippen molar-refractivity contribution in [2.24, 2.45) is 0 Å². The summed E-state index contributed by atoms with van der Waals surface area (Å²) < 4.78 is 18.2. The maximum atomic E-state index is 13.0. The number of pyridine rings is 1. The van der Waals surface area contributed by atoms with Crippen LogP contribution >= 0.6 is 0 Å². The minimum atomic E-state index is -0.631. The Kier molecular flexibility index (Phi) is 2.82. The van der Waals surface area contributed by atoms with Crippen LogP contribution in [0.3, 0.4) is 0 Å². The van der Waals surface area contributed by atoms with Crippen molar-refractivity contribution in [1.82, 2.24) is 15.0 Å². The summed E-state index contributed by atoms with van der Waals surface area (Å²) in [5.41, 5.74) is 0. The van der Waals surface area contributed by atoms with Gasteiger partial charge in [0.05, 0.1) is 0 Å². The predicted molar refractivity (Wildman–Crippen MR) is 50.6 cm³/mol. The number of hydrogen-bond acceptors (Lipinski definition) is 4. The van der Waals surface area contributed by atoms with Gasteiger partial charge in [0.1, 0.15) is 6.61 Å². The molecule has 2 rings (SSSR count). The van der Waals surface area contributed by atoms with Gasteiger partial charge in [0.15, 0.2) is 11.6 Å². The second-order valence-corrected chi connectivity index (χ2v) is 2.75. The molecule has 0 spiro atoms. The van der Waals surface area contributed by atoms with Gasteiger partial charge in [-0.25, -0.2) is 15.0 Å². The molecule has 0 N–H and O–H groups in total. The van der Waals surface area contributed by atoms with E-state index in [0.717, 1.165) is 0 Å². The van der Waals surface area contributed by atoms with Crippen molar-refractivity contribution in [3.8, 4) is 5.75 Å². The second kappa shape index (κ2) is 4.45. The Bertz CT molecular complexity index is 436. The normalized spacial score (nSPS) is 9.93. The van der Waals surface area contributed by atoms with E-state index in [1.165, 1.54) is 12.3 Å². The van der Waals surface area contributed by atoms with E-state index < -0.39 is 5.95 Å². The Balaban J connectivity index is 2.03. The molecule has 4 nitrogen and oxygen atoms in total. The van der Waals surface area contributed by atoms with Crippen molar-refractivity contribution >= 4 is 0 Å². The first kappa shape index (κ1) is 9.51. The number of halogens is 1. The second-order valence-electron chi connectivity index (χ2n) is 2.75. The first-order valence-electron chi connectivity index (χ1n) is 4.35. The minimum Gasteiger partial charge on any atom is -0.481 e. The summed E-state index contributed by atoms with van der Waals surface area (Å²) >= 11 is 0. The molecule has 5 heteroatoms. The summed E-state index contributed by atoms with van der Waals surface area (Å²) in [4.78, 5) is 11.3. The average molecular weight is 205 g/mol.